The maximum atomic E-state index is 11.8. The minimum Gasteiger partial charge on any atom is -0.462 e. The van der Waals surface area contributed by atoms with E-state index in [1.807, 2.05) is 18.2 Å². The molecule has 1 aromatic carbocycles. The van der Waals surface area contributed by atoms with E-state index in [9.17, 15) is 4.79 Å². The zero-order chi connectivity index (χ0) is 19.9. The Balaban J connectivity index is 1.26. The first kappa shape index (κ1) is 22.9. The molecule has 2 rings (SSSR count). The summed E-state index contributed by atoms with van der Waals surface area (Å²) in [5.74, 6) is -0.202. The quantitative estimate of drug-likeness (QED) is 0.162. The molecule has 28 heavy (non-hydrogen) atoms. The maximum Gasteiger partial charge on any atom is 0.338 e. The van der Waals surface area contributed by atoms with Crippen molar-refractivity contribution in [2.75, 3.05) is 6.61 Å². The van der Waals surface area contributed by atoms with Gasteiger partial charge in [-0.25, -0.2) is 4.79 Å². The van der Waals surface area contributed by atoms with Gasteiger partial charge in [-0.1, -0.05) is 95.8 Å². The van der Waals surface area contributed by atoms with Gasteiger partial charge in [-0.05, 0) is 31.4 Å². The van der Waals surface area contributed by atoms with Gasteiger partial charge in [-0.3, -0.25) is 0 Å². The average molecular weight is 389 g/mol. The average Bonchev–Trinajstić information content (AvgIpc) is 3.50. The number of hydrogen-bond acceptors (Lipinski definition) is 3. The second-order valence-corrected chi connectivity index (χ2v) is 8.15. The number of esters is 1. The van der Waals surface area contributed by atoms with Gasteiger partial charge < -0.3 is 9.47 Å². The Hall–Kier alpha value is -1.35. The standard InChI is InChI=1S/C25H40O3/c1-2-23-24(28-23)20-16-11-9-7-5-3-4-6-8-10-12-17-21-27-25(26)22-18-14-13-15-19-22/h13-15,18-19,23-24H,2-12,16-17,20-21H2,1H3. The molecule has 1 aliphatic rings. The highest BCUT2D eigenvalue weighted by Gasteiger charge is 2.35. The lowest BCUT2D eigenvalue weighted by molar-refractivity contribution is 0.0497. The Kier molecular flexibility index (Phi) is 12.0. The molecule has 1 fully saturated rings. The lowest BCUT2D eigenvalue weighted by Gasteiger charge is -2.05. The molecular weight excluding hydrogens is 348 g/mol. The summed E-state index contributed by atoms with van der Waals surface area (Å²) in [5.41, 5.74) is 0.643. The highest BCUT2D eigenvalue weighted by atomic mass is 16.6. The van der Waals surface area contributed by atoms with Gasteiger partial charge in [0.25, 0.3) is 0 Å². The van der Waals surface area contributed by atoms with Crippen LogP contribution in [0.15, 0.2) is 30.3 Å². The van der Waals surface area contributed by atoms with Gasteiger partial charge in [0.15, 0.2) is 0 Å². The molecule has 0 aliphatic carbocycles. The fourth-order valence-corrected chi connectivity index (χ4v) is 3.83. The zero-order valence-corrected chi connectivity index (χ0v) is 17.9. The monoisotopic (exact) mass is 388 g/mol. The minimum absolute atomic E-state index is 0.202. The van der Waals surface area contributed by atoms with Crippen molar-refractivity contribution in [3.8, 4) is 0 Å². The predicted octanol–water partition coefficient (Wildman–Crippen LogP) is 7.09. The molecule has 0 spiro atoms. The SMILES string of the molecule is CCC1OC1CCCCCCCCCCCCCCOC(=O)c1ccccc1. The molecule has 0 bridgehead atoms. The number of ether oxygens (including phenoxy) is 2. The number of epoxide rings is 1. The van der Waals surface area contributed by atoms with E-state index in [0.717, 1.165) is 12.8 Å². The second kappa shape index (κ2) is 14.6. The van der Waals surface area contributed by atoms with Crippen LogP contribution in [-0.4, -0.2) is 24.8 Å². The van der Waals surface area contributed by atoms with Crippen molar-refractivity contribution in [1.29, 1.82) is 0 Å². The van der Waals surface area contributed by atoms with Crippen molar-refractivity contribution in [2.45, 2.75) is 109 Å². The Morgan fingerprint density at radius 1 is 0.786 bits per heavy atom. The molecule has 0 N–H and O–H groups in total. The lowest BCUT2D eigenvalue weighted by Crippen LogP contribution is -2.06. The number of carbonyl (C=O) groups excluding carboxylic acids is 1. The van der Waals surface area contributed by atoms with Crippen molar-refractivity contribution in [3.05, 3.63) is 35.9 Å². The van der Waals surface area contributed by atoms with E-state index in [1.165, 1.54) is 77.0 Å². The van der Waals surface area contributed by atoms with E-state index >= 15 is 0 Å². The van der Waals surface area contributed by atoms with Crippen molar-refractivity contribution < 1.29 is 14.3 Å². The zero-order valence-electron chi connectivity index (χ0n) is 17.9. The van der Waals surface area contributed by atoms with E-state index in [0.29, 0.717) is 24.4 Å². The van der Waals surface area contributed by atoms with Crippen LogP contribution in [0.25, 0.3) is 0 Å². The minimum atomic E-state index is -0.202. The number of hydrogen-bond donors (Lipinski definition) is 0. The molecule has 1 heterocycles. The van der Waals surface area contributed by atoms with E-state index in [1.54, 1.807) is 12.1 Å². The number of rotatable bonds is 17. The first-order valence-electron chi connectivity index (χ1n) is 11.7. The molecule has 0 radical (unpaired) electrons. The van der Waals surface area contributed by atoms with Crippen LogP contribution in [0, 0.1) is 0 Å². The number of carbonyl (C=O) groups is 1. The molecule has 0 aromatic heterocycles. The molecule has 158 valence electrons. The third-order valence-electron chi connectivity index (χ3n) is 5.72. The largest absolute Gasteiger partial charge is 0.462 e. The first-order chi connectivity index (χ1) is 13.8. The van der Waals surface area contributed by atoms with Crippen molar-refractivity contribution >= 4 is 5.97 Å². The van der Waals surface area contributed by atoms with Crippen LogP contribution >= 0.6 is 0 Å². The molecule has 2 atom stereocenters. The summed E-state index contributed by atoms with van der Waals surface area (Å²) in [4.78, 5) is 11.8. The third kappa shape index (κ3) is 10.3. The summed E-state index contributed by atoms with van der Waals surface area (Å²) in [6.45, 7) is 2.76. The third-order valence-corrected chi connectivity index (χ3v) is 5.72. The summed E-state index contributed by atoms with van der Waals surface area (Å²) in [6.07, 6.45) is 19.4. The summed E-state index contributed by atoms with van der Waals surface area (Å²) >= 11 is 0. The van der Waals surface area contributed by atoms with Gasteiger partial charge in [-0.2, -0.15) is 0 Å². The van der Waals surface area contributed by atoms with Gasteiger partial charge in [0, 0.05) is 0 Å². The van der Waals surface area contributed by atoms with Crippen molar-refractivity contribution in [3.63, 3.8) is 0 Å². The molecule has 3 heteroatoms. The highest BCUT2D eigenvalue weighted by Crippen LogP contribution is 2.29. The van der Waals surface area contributed by atoms with Crippen LogP contribution < -0.4 is 0 Å². The van der Waals surface area contributed by atoms with Crippen molar-refractivity contribution in [2.24, 2.45) is 0 Å². The van der Waals surface area contributed by atoms with E-state index in [-0.39, 0.29) is 5.97 Å². The van der Waals surface area contributed by atoms with Gasteiger partial charge in [-0.15, -0.1) is 0 Å². The van der Waals surface area contributed by atoms with Gasteiger partial charge in [0.1, 0.15) is 0 Å². The molecule has 0 amide bonds. The normalized spacial score (nSPS) is 18.2. The van der Waals surface area contributed by atoms with Crippen LogP contribution in [0.5, 0.6) is 0 Å². The van der Waals surface area contributed by atoms with Crippen LogP contribution in [0.1, 0.15) is 107 Å². The topological polar surface area (TPSA) is 38.8 Å². The van der Waals surface area contributed by atoms with Gasteiger partial charge >= 0.3 is 5.97 Å². The van der Waals surface area contributed by atoms with E-state index in [4.69, 9.17) is 9.47 Å². The van der Waals surface area contributed by atoms with Gasteiger partial charge in [0.05, 0.1) is 24.4 Å². The highest BCUT2D eigenvalue weighted by molar-refractivity contribution is 5.89. The molecule has 0 saturated carbocycles. The summed E-state index contributed by atoms with van der Waals surface area (Å²) in [7, 11) is 0. The molecule has 1 aliphatic heterocycles. The Labute approximate surface area is 172 Å². The Morgan fingerprint density at radius 2 is 1.32 bits per heavy atom. The van der Waals surface area contributed by atoms with E-state index in [2.05, 4.69) is 6.92 Å². The molecule has 3 nitrogen and oxygen atoms in total. The predicted molar refractivity (Wildman–Crippen MR) is 116 cm³/mol. The Morgan fingerprint density at radius 3 is 1.86 bits per heavy atom. The van der Waals surface area contributed by atoms with Gasteiger partial charge in [0.2, 0.25) is 0 Å². The number of unbranched alkanes of at least 4 members (excludes halogenated alkanes) is 11. The lowest BCUT2D eigenvalue weighted by atomic mass is 10.0. The van der Waals surface area contributed by atoms with Crippen LogP contribution in [0.2, 0.25) is 0 Å². The fourth-order valence-electron chi connectivity index (χ4n) is 3.83. The summed E-state index contributed by atoms with van der Waals surface area (Å²) in [5, 5.41) is 0. The van der Waals surface area contributed by atoms with Crippen molar-refractivity contribution in [1.82, 2.24) is 0 Å². The molecule has 2 unspecified atom stereocenters. The molecule has 1 saturated heterocycles. The smallest absolute Gasteiger partial charge is 0.338 e. The van der Waals surface area contributed by atoms with Crippen LogP contribution in [0.3, 0.4) is 0 Å². The molecular formula is C25H40O3. The van der Waals surface area contributed by atoms with Crippen LogP contribution in [0.4, 0.5) is 0 Å². The molecule has 1 aromatic rings. The second-order valence-electron chi connectivity index (χ2n) is 8.15. The Bertz CT molecular complexity index is 514. The fraction of sp³-hybridized carbons (Fsp3) is 0.720. The van der Waals surface area contributed by atoms with E-state index < -0.39 is 0 Å². The first-order valence-corrected chi connectivity index (χ1v) is 11.7. The number of benzene rings is 1. The maximum absolute atomic E-state index is 11.8. The van der Waals surface area contributed by atoms with Crippen LogP contribution in [-0.2, 0) is 9.47 Å². The summed E-state index contributed by atoms with van der Waals surface area (Å²) in [6, 6.07) is 9.23. The summed E-state index contributed by atoms with van der Waals surface area (Å²) < 4.78 is 10.9.